The lowest BCUT2D eigenvalue weighted by atomic mass is 9.96. The van der Waals surface area contributed by atoms with Crippen molar-refractivity contribution >= 4 is 38.2 Å². The van der Waals surface area contributed by atoms with Crippen LogP contribution in [0, 0.1) is 5.82 Å². The highest BCUT2D eigenvalue weighted by Gasteiger charge is 2.36. The third-order valence-electron chi connectivity index (χ3n) is 4.60. The van der Waals surface area contributed by atoms with Crippen LogP contribution in [0.25, 0.3) is 22.0 Å². The Morgan fingerprint density at radius 2 is 2.04 bits per heavy atom. The van der Waals surface area contributed by atoms with Gasteiger partial charge >= 0.3 is 0 Å². The lowest BCUT2D eigenvalue weighted by molar-refractivity contribution is 0.0997. The number of nitrogens with two attached hydrogens (primary N) is 1. The number of hydrogen-bond donors (Lipinski definition) is 4. The fourth-order valence-electron chi connectivity index (χ4n) is 3.55. The van der Waals surface area contributed by atoms with Crippen LogP contribution in [0.4, 0.5) is 15.8 Å². The molecule has 1 aromatic heterocycles. The number of aromatic amines is 1. The van der Waals surface area contributed by atoms with Gasteiger partial charge in [-0.2, -0.15) is 8.42 Å². The fraction of sp³-hybridized carbons (Fsp3) is 0.167. The predicted octanol–water partition coefficient (Wildman–Crippen LogP) is 2.15. The van der Waals surface area contributed by atoms with Crippen molar-refractivity contribution in [3.8, 4) is 11.3 Å². The van der Waals surface area contributed by atoms with Crippen molar-refractivity contribution in [1.29, 1.82) is 0 Å². The number of rotatable bonds is 6. The summed E-state index contributed by atoms with van der Waals surface area (Å²) in [5.74, 6) is -2.10. The Morgan fingerprint density at radius 1 is 1.25 bits per heavy atom. The molecular weight excluding hydrogens is 387 g/mol. The normalized spacial score (nSPS) is 13.5. The molecule has 0 spiro atoms. The predicted molar refractivity (Wildman–Crippen MR) is 104 cm³/mol. The Balaban J connectivity index is 2.06. The number of aromatic nitrogens is 1. The maximum Gasteiger partial charge on any atom is 0.283 e. The third kappa shape index (κ3) is 2.91. The molecular formula is C18H17FN4O4S. The first kappa shape index (κ1) is 18.4. The van der Waals surface area contributed by atoms with Gasteiger partial charge in [-0.1, -0.05) is 0 Å². The molecule has 3 aromatic rings. The Morgan fingerprint density at radius 3 is 2.68 bits per heavy atom. The topological polar surface area (TPSA) is 129 Å². The summed E-state index contributed by atoms with van der Waals surface area (Å²) in [6.07, 6.45) is 1.68. The summed E-state index contributed by atoms with van der Waals surface area (Å²) in [5, 5.41) is 3.53. The van der Waals surface area contributed by atoms with Crippen molar-refractivity contribution in [3.05, 3.63) is 47.9 Å². The number of hydrogen-bond acceptors (Lipinski definition) is 5. The van der Waals surface area contributed by atoms with Gasteiger partial charge in [-0.25, -0.2) is 4.39 Å². The van der Waals surface area contributed by atoms with E-state index in [-0.39, 0.29) is 16.6 Å². The van der Waals surface area contributed by atoms with Crippen LogP contribution >= 0.6 is 0 Å². The summed E-state index contributed by atoms with van der Waals surface area (Å²) in [6, 6.07) is 7.64. The summed E-state index contributed by atoms with van der Waals surface area (Å²) < 4.78 is 46.9. The van der Waals surface area contributed by atoms with Crippen molar-refractivity contribution in [2.45, 2.75) is 0 Å². The van der Waals surface area contributed by atoms with Crippen LogP contribution in [0.3, 0.4) is 0 Å². The number of halogens is 1. The SMILES string of the molecule is NCCNc1cc(-c2ccc[nH]2)c2c3c(ccc(F)c13)N(CS(=O)(=O)O)C2=O. The highest BCUT2D eigenvalue weighted by atomic mass is 32.2. The van der Waals surface area contributed by atoms with Crippen LogP contribution in [0.5, 0.6) is 0 Å². The zero-order valence-electron chi connectivity index (χ0n) is 14.6. The van der Waals surface area contributed by atoms with Gasteiger partial charge in [-0.05, 0) is 30.3 Å². The molecule has 0 unspecified atom stereocenters. The second-order valence-electron chi connectivity index (χ2n) is 6.41. The molecule has 2 aromatic carbocycles. The third-order valence-corrected chi connectivity index (χ3v) is 5.18. The number of anilines is 2. The highest BCUT2D eigenvalue weighted by Crippen LogP contribution is 2.46. The van der Waals surface area contributed by atoms with Gasteiger partial charge < -0.3 is 16.0 Å². The van der Waals surface area contributed by atoms with Crippen LogP contribution in [0.2, 0.25) is 0 Å². The maximum absolute atomic E-state index is 14.8. The van der Waals surface area contributed by atoms with Gasteiger partial charge in [0.1, 0.15) is 5.82 Å². The zero-order valence-corrected chi connectivity index (χ0v) is 15.4. The van der Waals surface area contributed by atoms with E-state index in [9.17, 15) is 22.2 Å². The monoisotopic (exact) mass is 404 g/mol. The Bertz CT molecular complexity index is 1190. The Kier molecular flexibility index (Phi) is 4.33. The van der Waals surface area contributed by atoms with Gasteiger partial charge in [-0.3, -0.25) is 14.2 Å². The standard InChI is InChI=1S/C18H17FN4O4S/c19-11-3-4-14-17-15(18(24)23(14)9-28(25,26)27)10(12-2-1-6-21-12)8-13(16(11)17)22-7-5-20/h1-4,6,8,21-22H,5,7,9,20H2,(H,25,26,27). The Hall–Kier alpha value is -2.95. The van der Waals surface area contributed by atoms with E-state index >= 15 is 0 Å². The van der Waals surface area contributed by atoms with Crippen molar-refractivity contribution in [1.82, 2.24) is 4.98 Å². The molecule has 1 amide bonds. The molecule has 0 bridgehead atoms. The van der Waals surface area contributed by atoms with E-state index < -0.39 is 27.7 Å². The quantitative estimate of drug-likeness (QED) is 0.466. The molecule has 0 fully saturated rings. The maximum atomic E-state index is 14.8. The minimum atomic E-state index is -4.48. The summed E-state index contributed by atoms with van der Waals surface area (Å²) in [6.45, 7) is 0.696. The smallest absolute Gasteiger partial charge is 0.283 e. The molecule has 0 radical (unpaired) electrons. The van der Waals surface area contributed by atoms with Gasteiger partial charge in [0.25, 0.3) is 16.0 Å². The first-order chi connectivity index (χ1) is 13.3. The lowest BCUT2D eigenvalue weighted by Crippen LogP contribution is -2.32. The van der Waals surface area contributed by atoms with Crippen molar-refractivity contribution in [2.75, 3.05) is 29.2 Å². The van der Waals surface area contributed by atoms with Crippen molar-refractivity contribution in [2.24, 2.45) is 5.73 Å². The molecule has 10 heteroatoms. The van der Waals surface area contributed by atoms with Gasteiger partial charge in [0, 0.05) is 47.0 Å². The fourth-order valence-corrected chi connectivity index (χ4v) is 4.13. The lowest BCUT2D eigenvalue weighted by Gasteiger charge is -2.15. The minimum absolute atomic E-state index is 0.169. The number of benzene rings is 2. The first-order valence-corrected chi connectivity index (χ1v) is 10.1. The molecule has 4 rings (SSSR count). The van der Waals surface area contributed by atoms with Crippen LogP contribution in [0.15, 0.2) is 36.5 Å². The first-order valence-electron chi connectivity index (χ1n) is 8.45. The zero-order chi connectivity index (χ0) is 20.1. The van der Waals surface area contributed by atoms with Crippen LogP contribution < -0.4 is 16.0 Å². The van der Waals surface area contributed by atoms with E-state index in [1.807, 2.05) is 0 Å². The van der Waals surface area contributed by atoms with Crippen molar-refractivity contribution < 1.29 is 22.2 Å². The van der Waals surface area contributed by atoms with Crippen LogP contribution in [-0.4, -0.2) is 42.8 Å². The molecule has 0 atom stereocenters. The summed E-state index contributed by atoms with van der Waals surface area (Å²) in [5.41, 5.74) is 7.50. The molecule has 1 aliphatic rings. The van der Waals surface area contributed by atoms with E-state index in [4.69, 9.17) is 5.73 Å². The van der Waals surface area contributed by atoms with Gasteiger partial charge in [0.2, 0.25) is 0 Å². The molecule has 146 valence electrons. The minimum Gasteiger partial charge on any atom is -0.383 e. The summed E-state index contributed by atoms with van der Waals surface area (Å²) in [4.78, 5) is 17.0. The summed E-state index contributed by atoms with van der Waals surface area (Å²) in [7, 11) is -4.48. The summed E-state index contributed by atoms with van der Waals surface area (Å²) >= 11 is 0. The molecule has 2 heterocycles. The van der Waals surface area contributed by atoms with Crippen LogP contribution in [0.1, 0.15) is 10.4 Å². The average molecular weight is 404 g/mol. The second kappa shape index (κ2) is 6.59. The molecule has 0 aliphatic carbocycles. The number of carbonyl (C=O) groups is 1. The molecule has 8 nitrogen and oxygen atoms in total. The number of nitrogens with one attached hydrogen (secondary N) is 2. The van der Waals surface area contributed by atoms with Crippen LogP contribution in [-0.2, 0) is 10.1 Å². The number of carbonyl (C=O) groups excluding carboxylic acids is 1. The molecule has 5 N–H and O–H groups in total. The van der Waals surface area contributed by atoms with E-state index in [2.05, 4.69) is 10.3 Å². The van der Waals surface area contributed by atoms with E-state index in [0.29, 0.717) is 35.4 Å². The average Bonchev–Trinajstić information content (AvgIpc) is 3.25. The van der Waals surface area contributed by atoms with Gasteiger partial charge in [-0.15, -0.1) is 0 Å². The van der Waals surface area contributed by atoms with E-state index in [1.54, 1.807) is 24.4 Å². The van der Waals surface area contributed by atoms with Crippen molar-refractivity contribution in [3.63, 3.8) is 0 Å². The van der Waals surface area contributed by atoms with E-state index in [0.717, 1.165) is 4.90 Å². The Labute approximate surface area is 159 Å². The van der Waals surface area contributed by atoms with E-state index in [1.165, 1.54) is 12.1 Å². The number of amides is 1. The highest BCUT2D eigenvalue weighted by molar-refractivity contribution is 7.85. The largest absolute Gasteiger partial charge is 0.383 e. The molecule has 0 saturated carbocycles. The number of H-pyrrole nitrogens is 1. The molecule has 1 aliphatic heterocycles. The second-order valence-corrected chi connectivity index (χ2v) is 7.83. The molecule has 0 saturated heterocycles. The molecule has 28 heavy (non-hydrogen) atoms. The van der Waals surface area contributed by atoms with Gasteiger partial charge in [0.05, 0.1) is 11.3 Å². The van der Waals surface area contributed by atoms with Gasteiger partial charge in [0.15, 0.2) is 5.88 Å². The number of nitrogens with zero attached hydrogens (tertiary/aromatic N) is 1.